The fourth-order valence-electron chi connectivity index (χ4n) is 7.63. The van der Waals surface area contributed by atoms with E-state index in [9.17, 15) is 15.8 Å². The highest BCUT2D eigenvalue weighted by Crippen LogP contribution is 2.39. The summed E-state index contributed by atoms with van der Waals surface area (Å²) in [4.78, 5) is 0. The summed E-state index contributed by atoms with van der Waals surface area (Å²) in [5.74, 6) is 0. The predicted octanol–water partition coefficient (Wildman–Crippen LogP) is 7.44. The third kappa shape index (κ3) is 4.64. The molecule has 0 aliphatic heterocycles. The van der Waals surface area contributed by atoms with Gasteiger partial charge in [0, 0.05) is 21.9 Å². The van der Waals surface area contributed by atoms with E-state index in [2.05, 4.69) is 114 Å². The summed E-state index contributed by atoms with van der Waals surface area (Å²) in [6, 6.07) is 64.7. The topological polar surface area (TPSA) is 76.3 Å². The average Bonchev–Trinajstić information content (AvgIpc) is 3.52. The normalized spacial score (nSPS) is 11.1. The van der Waals surface area contributed by atoms with Crippen LogP contribution >= 0.6 is 0 Å². The van der Waals surface area contributed by atoms with E-state index in [4.69, 9.17) is 0 Å². The predicted molar refractivity (Wildman–Crippen MR) is 204 cm³/mol. The van der Waals surface area contributed by atoms with Gasteiger partial charge in [0.25, 0.3) is 0 Å². The number of fused-ring (bicyclic) bond motifs is 3. The molecule has 0 unspecified atom stereocenters. The van der Waals surface area contributed by atoms with Gasteiger partial charge in [0.2, 0.25) is 0 Å². The van der Waals surface area contributed by atoms with Crippen molar-refractivity contribution in [2.45, 2.75) is 0 Å². The summed E-state index contributed by atoms with van der Waals surface area (Å²) < 4.78 is 2.16. The number of para-hydroxylation sites is 1. The number of hydrogen-bond acceptors (Lipinski definition) is 3. The minimum absolute atomic E-state index is 0.474. The largest absolute Gasteiger partial charge is 0.309 e. The molecule has 5 heteroatoms. The van der Waals surface area contributed by atoms with Crippen molar-refractivity contribution in [1.82, 2.24) is 4.57 Å². The van der Waals surface area contributed by atoms with Crippen LogP contribution in [0.3, 0.4) is 0 Å². The van der Waals surface area contributed by atoms with Gasteiger partial charge in [-0.15, -0.1) is 0 Å². The first-order valence-corrected chi connectivity index (χ1v) is 18.4. The van der Waals surface area contributed by atoms with E-state index in [1.54, 1.807) is 0 Å². The fraction of sp³-hybridized carbons (Fsp3) is 0. The first kappa shape index (κ1) is 30.4. The molecule has 0 bridgehead atoms. The van der Waals surface area contributed by atoms with Crippen molar-refractivity contribution < 1.29 is 0 Å². The van der Waals surface area contributed by atoms with Gasteiger partial charge >= 0.3 is 0 Å². The molecule has 0 radical (unpaired) electrons. The molecule has 0 N–H and O–H groups in total. The molecular weight excluding hydrogens is 625 g/mol. The van der Waals surface area contributed by atoms with Crippen molar-refractivity contribution in [2.75, 3.05) is 0 Å². The summed E-state index contributed by atoms with van der Waals surface area (Å²) in [6.45, 7) is 0. The molecule has 1 aromatic heterocycles. The Kier molecular flexibility index (Phi) is 7.63. The molecule has 1 heterocycles. The van der Waals surface area contributed by atoms with Crippen LogP contribution in [0.4, 0.5) is 0 Å². The molecule has 0 aliphatic carbocycles. The number of aromatic nitrogens is 1. The van der Waals surface area contributed by atoms with Gasteiger partial charge in [-0.3, -0.25) is 0 Å². The van der Waals surface area contributed by atoms with Crippen LogP contribution in [-0.2, 0) is 0 Å². The Morgan fingerprint density at radius 1 is 0.460 bits per heavy atom. The van der Waals surface area contributed by atoms with Crippen LogP contribution in [0.15, 0.2) is 170 Å². The molecule has 7 aromatic carbocycles. The van der Waals surface area contributed by atoms with Gasteiger partial charge < -0.3 is 4.57 Å². The number of nitriles is 3. The van der Waals surface area contributed by atoms with Crippen LogP contribution in [0.2, 0.25) is 0 Å². The Bertz CT molecular complexity index is 2580. The Hall–Kier alpha value is -6.97. The van der Waals surface area contributed by atoms with E-state index >= 15 is 0 Å². The Balaban J connectivity index is 1.51. The van der Waals surface area contributed by atoms with E-state index in [0.29, 0.717) is 27.8 Å². The second kappa shape index (κ2) is 12.6. The summed E-state index contributed by atoms with van der Waals surface area (Å²) in [5, 5.41) is 38.1. The summed E-state index contributed by atoms with van der Waals surface area (Å²) in [6.07, 6.45) is 0. The quantitative estimate of drug-likeness (QED) is 0.138. The van der Waals surface area contributed by atoms with Crippen LogP contribution < -0.4 is 20.7 Å². The third-order valence-electron chi connectivity index (χ3n) is 9.68. The number of nitrogens with zero attached hydrogens (tertiary/aromatic N) is 4. The number of benzene rings is 7. The zero-order valence-electron chi connectivity index (χ0n) is 27.0. The molecule has 0 fully saturated rings. The van der Waals surface area contributed by atoms with Crippen LogP contribution in [0.25, 0.3) is 38.6 Å². The van der Waals surface area contributed by atoms with Gasteiger partial charge in [-0.1, -0.05) is 133 Å². The van der Waals surface area contributed by atoms with Gasteiger partial charge in [-0.05, 0) is 57.1 Å². The second-order valence-electron chi connectivity index (χ2n) is 12.2. The van der Waals surface area contributed by atoms with Crippen molar-refractivity contribution in [1.29, 1.82) is 15.8 Å². The molecule has 232 valence electrons. The molecule has 8 aromatic rings. The lowest BCUT2D eigenvalue weighted by Crippen LogP contribution is -2.75. The van der Waals surface area contributed by atoms with Gasteiger partial charge in [-0.2, -0.15) is 15.8 Å². The third-order valence-corrected chi connectivity index (χ3v) is 14.5. The molecule has 50 heavy (non-hydrogen) atoms. The SMILES string of the molecule is N#Cc1ccc2c(c1)c1ccccc1n2-c1cccc(C#N)c1-c1cccc([Si](c2ccccc2)(c2ccccc2)c2ccccc2)c1C#N. The molecular formula is C45H28N4Si. The van der Waals surface area contributed by atoms with E-state index in [1.165, 1.54) is 0 Å². The van der Waals surface area contributed by atoms with E-state index in [1.807, 2.05) is 78.9 Å². The van der Waals surface area contributed by atoms with Gasteiger partial charge in [0.05, 0.1) is 51.6 Å². The standard InChI is InChI=1S/C45H28N4Si/c46-29-32-26-27-42-39(28-32)37-21-10-11-23-41(37)49(42)43-24-12-14-33(30-47)45(43)38-22-13-25-44(40(38)31-48)50(34-15-4-1-5-16-34,35-17-6-2-7-18-35)36-19-8-3-9-20-36/h1-28H. The molecule has 0 saturated heterocycles. The zero-order valence-corrected chi connectivity index (χ0v) is 28.0. The van der Waals surface area contributed by atoms with Crippen molar-refractivity contribution in [3.8, 4) is 35.0 Å². The molecule has 0 atom stereocenters. The maximum atomic E-state index is 11.3. The molecule has 4 nitrogen and oxygen atoms in total. The fourth-order valence-corrected chi connectivity index (χ4v) is 12.6. The summed E-state index contributed by atoms with van der Waals surface area (Å²) in [5.41, 5.74) is 5.65. The lowest BCUT2D eigenvalue weighted by Gasteiger charge is -2.35. The van der Waals surface area contributed by atoms with Crippen LogP contribution in [0, 0.1) is 34.0 Å². The minimum Gasteiger partial charge on any atom is -0.309 e. The van der Waals surface area contributed by atoms with Gasteiger partial charge in [0.15, 0.2) is 8.07 Å². The van der Waals surface area contributed by atoms with Crippen LogP contribution in [-0.4, -0.2) is 12.6 Å². The smallest absolute Gasteiger partial charge is 0.180 e. The number of rotatable bonds is 6. The highest BCUT2D eigenvalue weighted by molar-refractivity contribution is 7.20. The monoisotopic (exact) mass is 652 g/mol. The maximum absolute atomic E-state index is 11.3. The van der Waals surface area contributed by atoms with Crippen molar-refractivity contribution >= 4 is 50.6 Å². The minimum atomic E-state index is -3.08. The lowest BCUT2D eigenvalue weighted by atomic mass is 9.94. The molecule has 0 amide bonds. The van der Waals surface area contributed by atoms with Crippen molar-refractivity contribution in [3.63, 3.8) is 0 Å². The highest BCUT2D eigenvalue weighted by atomic mass is 28.3. The van der Waals surface area contributed by atoms with Gasteiger partial charge in [0.1, 0.15) is 0 Å². The number of hydrogen-bond donors (Lipinski definition) is 0. The Labute approximate surface area is 291 Å². The van der Waals surface area contributed by atoms with Crippen molar-refractivity contribution in [3.05, 3.63) is 187 Å². The van der Waals surface area contributed by atoms with Gasteiger partial charge in [-0.25, -0.2) is 0 Å². The highest BCUT2D eigenvalue weighted by Gasteiger charge is 2.43. The van der Waals surface area contributed by atoms with E-state index in [0.717, 1.165) is 48.2 Å². The first-order chi connectivity index (χ1) is 24.7. The summed E-state index contributed by atoms with van der Waals surface area (Å²) in [7, 11) is -3.08. The lowest BCUT2D eigenvalue weighted by molar-refractivity contribution is 1.18. The molecule has 0 spiro atoms. The van der Waals surface area contributed by atoms with E-state index in [-0.39, 0.29) is 0 Å². The molecule has 0 aliphatic rings. The van der Waals surface area contributed by atoms with Crippen molar-refractivity contribution in [2.24, 2.45) is 0 Å². The summed E-state index contributed by atoms with van der Waals surface area (Å²) >= 11 is 0. The Morgan fingerprint density at radius 2 is 1.04 bits per heavy atom. The van der Waals surface area contributed by atoms with Crippen LogP contribution in [0.5, 0.6) is 0 Å². The van der Waals surface area contributed by atoms with E-state index < -0.39 is 8.07 Å². The van der Waals surface area contributed by atoms with Crippen LogP contribution in [0.1, 0.15) is 16.7 Å². The molecule has 8 rings (SSSR count). The Morgan fingerprint density at radius 3 is 1.64 bits per heavy atom. The average molecular weight is 653 g/mol. The first-order valence-electron chi connectivity index (χ1n) is 16.4. The second-order valence-corrected chi connectivity index (χ2v) is 16.0. The maximum Gasteiger partial charge on any atom is 0.180 e. The molecule has 0 saturated carbocycles. The zero-order chi connectivity index (χ0) is 34.1.